The Morgan fingerprint density at radius 2 is 2.04 bits per heavy atom. The van der Waals surface area contributed by atoms with Gasteiger partial charge in [-0.2, -0.15) is 0 Å². The Balaban J connectivity index is 1.45. The van der Waals surface area contributed by atoms with Gasteiger partial charge in [0.05, 0.1) is 20.3 Å². The normalized spacial score (nSPS) is 22.9. The van der Waals surface area contributed by atoms with E-state index in [-0.39, 0.29) is 11.9 Å². The summed E-state index contributed by atoms with van der Waals surface area (Å²) >= 11 is 0. The third-order valence-electron chi connectivity index (χ3n) is 4.65. The van der Waals surface area contributed by atoms with Crippen LogP contribution in [0.2, 0.25) is 0 Å². The number of benzene rings is 1. The Labute approximate surface area is 137 Å². The number of hydrogen-bond donors (Lipinski definition) is 1. The zero-order valence-corrected chi connectivity index (χ0v) is 13.7. The highest BCUT2D eigenvalue weighted by Crippen LogP contribution is 2.35. The van der Waals surface area contributed by atoms with Gasteiger partial charge in [0.2, 0.25) is 5.91 Å². The van der Waals surface area contributed by atoms with Crippen LogP contribution in [-0.2, 0) is 20.7 Å². The summed E-state index contributed by atoms with van der Waals surface area (Å²) in [5, 5.41) is 3.14. The second kappa shape index (κ2) is 7.32. The fraction of sp³-hybridized carbons (Fsp3) is 0.611. The largest absolute Gasteiger partial charge is 0.497 e. The molecule has 1 spiro atoms. The molecule has 2 aliphatic rings. The maximum atomic E-state index is 12.2. The first kappa shape index (κ1) is 16.3. The molecule has 3 rings (SSSR count). The summed E-state index contributed by atoms with van der Waals surface area (Å²) in [4.78, 5) is 12.2. The van der Waals surface area contributed by atoms with E-state index >= 15 is 0 Å². The molecule has 1 saturated heterocycles. The molecule has 0 radical (unpaired) electrons. The highest BCUT2D eigenvalue weighted by atomic mass is 16.7. The van der Waals surface area contributed by atoms with Gasteiger partial charge < -0.3 is 19.5 Å². The highest BCUT2D eigenvalue weighted by Gasteiger charge is 2.41. The fourth-order valence-corrected chi connectivity index (χ4v) is 3.43. The summed E-state index contributed by atoms with van der Waals surface area (Å²) in [6.07, 6.45) is 4.97. The first-order valence-corrected chi connectivity index (χ1v) is 8.39. The topological polar surface area (TPSA) is 56.8 Å². The molecule has 1 atom stereocenters. The third-order valence-corrected chi connectivity index (χ3v) is 4.65. The van der Waals surface area contributed by atoms with Gasteiger partial charge in [0.25, 0.3) is 0 Å². The minimum atomic E-state index is -0.438. The summed E-state index contributed by atoms with van der Waals surface area (Å²) < 4.78 is 16.7. The highest BCUT2D eigenvalue weighted by molar-refractivity contribution is 5.76. The van der Waals surface area contributed by atoms with Gasteiger partial charge >= 0.3 is 0 Å². The van der Waals surface area contributed by atoms with Crippen molar-refractivity contribution >= 4 is 5.91 Å². The molecule has 1 aliphatic carbocycles. The van der Waals surface area contributed by atoms with E-state index in [1.807, 2.05) is 24.3 Å². The van der Waals surface area contributed by atoms with E-state index < -0.39 is 5.79 Å². The summed E-state index contributed by atoms with van der Waals surface area (Å²) in [6.45, 7) is 1.33. The lowest BCUT2D eigenvalue weighted by molar-refractivity contribution is -0.182. The van der Waals surface area contributed by atoms with Crippen molar-refractivity contribution in [3.63, 3.8) is 0 Å². The second-order valence-electron chi connectivity index (χ2n) is 6.32. The van der Waals surface area contributed by atoms with Gasteiger partial charge in [-0.25, -0.2) is 0 Å². The lowest BCUT2D eigenvalue weighted by Crippen LogP contribution is -2.46. The molecule has 1 aliphatic heterocycles. The monoisotopic (exact) mass is 319 g/mol. The van der Waals surface area contributed by atoms with Crippen LogP contribution < -0.4 is 10.1 Å². The molecule has 23 heavy (non-hydrogen) atoms. The molecule has 1 saturated carbocycles. The Hall–Kier alpha value is -1.59. The second-order valence-corrected chi connectivity index (χ2v) is 6.32. The van der Waals surface area contributed by atoms with E-state index in [1.54, 1.807) is 7.11 Å². The Morgan fingerprint density at radius 1 is 1.30 bits per heavy atom. The molecular weight excluding hydrogens is 294 g/mol. The van der Waals surface area contributed by atoms with E-state index in [4.69, 9.17) is 14.2 Å². The Kier molecular flexibility index (Phi) is 5.18. The molecule has 0 aromatic heterocycles. The first-order valence-electron chi connectivity index (χ1n) is 8.39. The van der Waals surface area contributed by atoms with Gasteiger partial charge in [0, 0.05) is 25.3 Å². The fourth-order valence-electron chi connectivity index (χ4n) is 3.43. The molecule has 5 nitrogen and oxygen atoms in total. The number of ether oxygens (including phenoxy) is 3. The molecular formula is C18H25NO4. The Bertz CT molecular complexity index is 522. The van der Waals surface area contributed by atoms with Crippen molar-refractivity contribution in [2.75, 3.05) is 20.3 Å². The summed E-state index contributed by atoms with van der Waals surface area (Å²) in [7, 11) is 1.65. The minimum Gasteiger partial charge on any atom is -0.497 e. The van der Waals surface area contributed by atoms with Crippen molar-refractivity contribution in [3.8, 4) is 5.75 Å². The predicted octanol–water partition coefficient (Wildman–Crippen LogP) is 2.43. The molecule has 2 fully saturated rings. The molecule has 1 amide bonds. The van der Waals surface area contributed by atoms with Crippen molar-refractivity contribution in [2.24, 2.45) is 0 Å². The number of aryl methyl sites for hydroxylation is 1. The quantitative estimate of drug-likeness (QED) is 0.905. The van der Waals surface area contributed by atoms with E-state index in [1.165, 1.54) is 0 Å². The van der Waals surface area contributed by atoms with Crippen LogP contribution in [0.4, 0.5) is 0 Å². The maximum absolute atomic E-state index is 12.2. The lowest BCUT2D eigenvalue weighted by Gasteiger charge is -2.36. The van der Waals surface area contributed by atoms with Crippen LogP contribution >= 0.6 is 0 Å². The molecule has 1 N–H and O–H groups in total. The SMILES string of the molecule is COc1ccc(CCC(=O)NC2CCCC3(C2)OCCO3)cc1. The number of nitrogens with one attached hydrogen (secondary N) is 1. The van der Waals surface area contributed by atoms with E-state index in [0.29, 0.717) is 19.6 Å². The van der Waals surface area contributed by atoms with Crippen LogP contribution in [0.1, 0.15) is 37.7 Å². The zero-order valence-electron chi connectivity index (χ0n) is 13.7. The third kappa shape index (κ3) is 4.24. The van der Waals surface area contributed by atoms with Crippen LogP contribution in [-0.4, -0.2) is 38.1 Å². The average Bonchev–Trinajstić information content (AvgIpc) is 3.01. The van der Waals surface area contributed by atoms with Gasteiger partial charge in [0.15, 0.2) is 5.79 Å². The van der Waals surface area contributed by atoms with E-state index in [9.17, 15) is 4.79 Å². The summed E-state index contributed by atoms with van der Waals surface area (Å²) in [5.41, 5.74) is 1.14. The zero-order chi connectivity index (χ0) is 16.1. The molecule has 1 aromatic rings. The number of carbonyl (C=O) groups excluding carboxylic acids is 1. The molecule has 126 valence electrons. The van der Waals surface area contributed by atoms with Crippen LogP contribution in [0.25, 0.3) is 0 Å². The predicted molar refractivity (Wildman–Crippen MR) is 86.3 cm³/mol. The van der Waals surface area contributed by atoms with Crippen LogP contribution in [0.3, 0.4) is 0 Å². The number of methoxy groups -OCH3 is 1. The number of hydrogen-bond acceptors (Lipinski definition) is 4. The number of rotatable bonds is 5. The Morgan fingerprint density at radius 3 is 2.74 bits per heavy atom. The van der Waals surface area contributed by atoms with Crippen LogP contribution in [0.15, 0.2) is 24.3 Å². The molecule has 1 unspecified atom stereocenters. The van der Waals surface area contributed by atoms with Crippen molar-refractivity contribution in [1.82, 2.24) is 5.32 Å². The average molecular weight is 319 g/mol. The van der Waals surface area contributed by atoms with Crippen LogP contribution in [0, 0.1) is 0 Å². The molecule has 1 heterocycles. The standard InChI is InChI=1S/C18H25NO4/c1-21-16-7-4-14(5-8-16)6-9-17(20)19-15-3-2-10-18(13-15)22-11-12-23-18/h4-5,7-8,15H,2-3,6,9-13H2,1H3,(H,19,20). The van der Waals surface area contributed by atoms with E-state index in [2.05, 4.69) is 5.32 Å². The van der Waals surface area contributed by atoms with Crippen molar-refractivity contribution < 1.29 is 19.0 Å². The van der Waals surface area contributed by atoms with Gasteiger partial charge in [0.1, 0.15) is 5.75 Å². The summed E-state index contributed by atoms with van der Waals surface area (Å²) in [5.74, 6) is 0.495. The molecule has 1 aromatic carbocycles. The van der Waals surface area contributed by atoms with Crippen LogP contribution in [0.5, 0.6) is 5.75 Å². The van der Waals surface area contributed by atoms with Gasteiger partial charge in [-0.1, -0.05) is 12.1 Å². The van der Waals surface area contributed by atoms with Gasteiger partial charge in [-0.3, -0.25) is 4.79 Å². The molecule has 5 heteroatoms. The molecule has 0 bridgehead atoms. The maximum Gasteiger partial charge on any atom is 0.220 e. The number of amides is 1. The summed E-state index contributed by atoms with van der Waals surface area (Å²) in [6, 6.07) is 8.01. The lowest BCUT2D eigenvalue weighted by atomic mass is 9.89. The van der Waals surface area contributed by atoms with Gasteiger partial charge in [-0.05, 0) is 37.0 Å². The van der Waals surface area contributed by atoms with Crippen molar-refractivity contribution in [3.05, 3.63) is 29.8 Å². The number of carbonyl (C=O) groups is 1. The first-order chi connectivity index (χ1) is 11.2. The minimum absolute atomic E-state index is 0.0980. The smallest absolute Gasteiger partial charge is 0.220 e. The van der Waals surface area contributed by atoms with Crippen molar-refractivity contribution in [2.45, 2.75) is 50.4 Å². The van der Waals surface area contributed by atoms with Crippen molar-refractivity contribution in [1.29, 1.82) is 0 Å². The van der Waals surface area contributed by atoms with Gasteiger partial charge in [-0.15, -0.1) is 0 Å². The van der Waals surface area contributed by atoms with E-state index in [0.717, 1.165) is 43.4 Å².